The topological polar surface area (TPSA) is 24.9 Å². The standard InChI is InChI=1S/C11H9F3N2S/c12-11(13,14)9-3-1-2-8(6-9)7-16-10-15-4-5-17-10/h1-6H,7H2,(H,15,16). The first-order chi connectivity index (χ1) is 8.05. The first-order valence-electron chi connectivity index (χ1n) is 4.85. The second kappa shape index (κ2) is 4.75. The van der Waals surface area contributed by atoms with Gasteiger partial charge in [0.05, 0.1) is 5.56 Å². The third-order valence-corrected chi connectivity index (χ3v) is 2.86. The number of aromatic nitrogens is 1. The first kappa shape index (κ1) is 11.9. The van der Waals surface area contributed by atoms with Gasteiger partial charge in [-0.1, -0.05) is 12.1 Å². The van der Waals surface area contributed by atoms with E-state index in [0.29, 0.717) is 17.2 Å². The van der Waals surface area contributed by atoms with Crippen molar-refractivity contribution in [2.45, 2.75) is 12.7 Å². The average Bonchev–Trinajstić information content (AvgIpc) is 2.78. The Morgan fingerprint density at radius 2 is 2.12 bits per heavy atom. The second-order valence-corrected chi connectivity index (χ2v) is 4.28. The van der Waals surface area contributed by atoms with E-state index in [1.165, 1.54) is 17.4 Å². The van der Waals surface area contributed by atoms with Crippen molar-refractivity contribution < 1.29 is 13.2 Å². The summed E-state index contributed by atoms with van der Waals surface area (Å²) in [5.74, 6) is 0. The van der Waals surface area contributed by atoms with Crippen LogP contribution in [0.15, 0.2) is 35.8 Å². The molecule has 0 unspecified atom stereocenters. The number of alkyl halides is 3. The van der Waals surface area contributed by atoms with Crippen molar-refractivity contribution in [1.82, 2.24) is 4.98 Å². The zero-order chi connectivity index (χ0) is 12.3. The highest BCUT2D eigenvalue weighted by molar-refractivity contribution is 7.13. The van der Waals surface area contributed by atoms with Crippen LogP contribution in [0.2, 0.25) is 0 Å². The van der Waals surface area contributed by atoms with Crippen molar-refractivity contribution in [2.24, 2.45) is 0 Å². The molecule has 0 radical (unpaired) electrons. The van der Waals surface area contributed by atoms with Crippen molar-refractivity contribution in [3.8, 4) is 0 Å². The van der Waals surface area contributed by atoms with E-state index in [4.69, 9.17) is 0 Å². The molecular weight excluding hydrogens is 249 g/mol. The Morgan fingerprint density at radius 1 is 1.29 bits per heavy atom. The summed E-state index contributed by atoms with van der Waals surface area (Å²) < 4.78 is 37.4. The summed E-state index contributed by atoms with van der Waals surface area (Å²) in [7, 11) is 0. The van der Waals surface area contributed by atoms with E-state index in [1.807, 2.05) is 0 Å². The number of nitrogens with zero attached hydrogens (tertiary/aromatic N) is 1. The summed E-state index contributed by atoms with van der Waals surface area (Å²) in [5, 5.41) is 5.46. The van der Waals surface area contributed by atoms with Crippen LogP contribution < -0.4 is 5.32 Å². The Bertz CT molecular complexity index is 480. The molecule has 2 rings (SSSR count). The predicted octanol–water partition coefficient (Wildman–Crippen LogP) is 3.77. The van der Waals surface area contributed by atoms with Gasteiger partial charge in [-0.15, -0.1) is 11.3 Å². The maximum Gasteiger partial charge on any atom is 0.416 e. The molecule has 1 N–H and O–H groups in total. The lowest BCUT2D eigenvalue weighted by Crippen LogP contribution is -2.06. The molecule has 0 amide bonds. The van der Waals surface area contributed by atoms with Crippen LogP contribution in [0.1, 0.15) is 11.1 Å². The second-order valence-electron chi connectivity index (χ2n) is 3.39. The molecule has 1 heterocycles. The van der Waals surface area contributed by atoms with Crippen molar-refractivity contribution in [1.29, 1.82) is 0 Å². The Labute approximate surface area is 100 Å². The molecule has 0 saturated heterocycles. The summed E-state index contributed by atoms with van der Waals surface area (Å²) in [4.78, 5) is 3.99. The van der Waals surface area contributed by atoms with Gasteiger partial charge in [-0.25, -0.2) is 4.98 Å². The zero-order valence-electron chi connectivity index (χ0n) is 8.66. The molecule has 0 aliphatic rings. The van der Waals surface area contributed by atoms with Crippen LogP contribution >= 0.6 is 11.3 Å². The number of benzene rings is 1. The van der Waals surface area contributed by atoms with E-state index in [0.717, 1.165) is 12.1 Å². The van der Waals surface area contributed by atoms with Gasteiger partial charge in [0, 0.05) is 18.1 Å². The molecule has 2 nitrogen and oxygen atoms in total. The monoisotopic (exact) mass is 258 g/mol. The van der Waals surface area contributed by atoms with Crippen LogP contribution in [-0.4, -0.2) is 4.98 Å². The van der Waals surface area contributed by atoms with E-state index < -0.39 is 11.7 Å². The van der Waals surface area contributed by atoms with Gasteiger partial charge in [-0.2, -0.15) is 13.2 Å². The normalized spacial score (nSPS) is 11.5. The van der Waals surface area contributed by atoms with Crippen molar-refractivity contribution in [2.75, 3.05) is 5.32 Å². The number of anilines is 1. The maximum absolute atomic E-state index is 12.5. The Kier molecular flexibility index (Phi) is 3.33. The van der Waals surface area contributed by atoms with E-state index in [9.17, 15) is 13.2 Å². The van der Waals surface area contributed by atoms with E-state index >= 15 is 0 Å². The number of hydrogen-bond acceptors (Lipinski definition) is 3. The molecule has 0 spiro atoms. The SMILES string of the molecule is FC(F)(F)c1cccc(CNc2nccs2)c1. The molecule has 0 atom stereocenters. The van der Waals surface area contributed by atoms with Gasteiger partial charge in [0.1, 0.15) is 0 Å². The molecule has 0 saturated carbocycles. The maximum atomic E-state index is 12.5. The van der Waals surface area contributed by atoms with E-state index in [1.54, 1.807) is 17.6 Å². The Hall–Kier alpha value is -1.56. The third-order valence-electron chi connectivity index (χ3n) is 2.13. The average molecular weight is 258 g/mol. The minimum Gasteiger partial charge on any atom is -0.357 e. The molecule has 90 valence electrons. The van der Waals surface area contributed by atoms with E-state index in [2.05, 4.69) is 10.3 Å². The minimum atomic E-state index is -4.29. The number of thiazole rings is 1. The molecule has 0 aliphatic heterocycles. The Morgan fingerprint density at radius 3 is 2.76 bits per heavy atom. The fraction of sp³-hybridized carbons (Fsp3) is 0.182. The number of nitrogens with one attached hydrogen (secondary N) is 1. The summed E-state index contributed by atoms with van der Waals surface area (Å²) in [5.41, 5.74) is -0.0500. The van der Waals surface area contributed by atoms with Gasteiger partial charge in [0.2, 0.25) is 0 Å². The molecule has 6 heteroatoms. The summed E-state index contributed by atoms with van der Waals surface area (Å²) in [6.07, 6.45) is -2.66. The summed E-state index contributed by atoms with van der Waals surface area (Å²) in [6, 6.07) is 5.25. The fourth-order valence-corrected chi connectivity index (χ4v) is 1.87. The molecular formula is C11H9F3N2S. The van der Waals surface area contributed by atoms with Gasteiger partial charge in [0.25, 0.3) is 0 Å². The van der Waals surface area contributed by atoms with Crippen LogP contribution in [-0.2, 0) is 12.7 Å². The largest absolute Gasteiger partial charge is 0.416 e. The zero-order valence-corrected chi connectivity index (χ0v) is 9.48. The van der Waals surface area contributed by atoms with Crippen LogP contribution in [0.4, 0.5) is 18.3 Å². The van der Waals surface area contributed by atoms with E-state index in [-0.39, 0.29) is 0 Å². The van der Waals surface area contributed by atoms with Gasteiger partial charge in [0.15, 0.2) is 5.13 Å². The smallest absolute Gasteiger partial charge is 0.357 e. The highest BCUT2D eigenvalue weighted by Gasteiger charge is 2.30. The van der Waals surface area contributed by atoms with Crippen molar-refractivity contribution in [3.63, 3.8) is 0 Å². The Balaban J connectivity index is 2.07. The predicted molar refractivity (Wildman–Crippen MR) is 60.9 cm³/mol. The van der Waals surface area contributed by atoms with Crippen LogP contribution in [0, 0.1) is 0 Å². The van der Waals surface area contributed by atoms with Crippen LogP contribution in [0.5, 0.6) is 0 Å². The summed E-state index contributed by atoms with van der Waals surface area (Å²) >= 11 is 1.41. The van der Waals surface area contributed by atoms with Gasteiger partial charge in [-0.05, 0) is 17.7 Å². The lowest BCUT2D eigenvalue weighted by atomic mass is 10.1. The highest BCUT2D eigenvalue weighted by atomic mass is 32.1. The molecule has 1 aromatic heterocycles. The van der Waals surface area contributed by atoms with Gasteiger partial charge >= 0.3 is 6.18 Å². The number of halogens is 3. The lowest BCUT2D eigenvalue weighted by molar-refractivity contribution is -0.137. The highest BCUT2D eigenvalue weighted by Crippen LogP contribution is 2.29. The lowest BCUT2D eigenvalue weighted by Gasteiger charge is -2.08. The van der Waals surface area contributed by atoms with Crippen LogP contribution in [0.25, 0.3) is 0 Å². The molecule has 0 bridgehead atoms. The van der Waals surface area contributed by atoms with Crippen molar-refractivity contribution >= 4 is 16.5 Å². The minimum absolute atomic E-state index is 0.331. The molecule has 17 heavy (non-hydrogen) atoms. The molecule has 0 aliphatic carbocycles. The fourth-order valence-electron chi connectivity index (χ4n) is 1.35. The van der Waals surface area contributed by atoms with Gasteiger partial charge in [-0.3, -0.25) is 0 Å². The van der Waals surface area contributed by atoms with Crippen molar-refractivity contribution in [3.05, 3.63) is 47.0 Å². The summed E-state index contributed by atoms with van der Waals surface area (Å²) in [6.45, 7) is 0.331. The quantitative estimate of drug-likeness (QED) is 0.906. The third kappa shape index (κ3) is 3.20. The van der Waals surface area contributed by atoms with Gasteiger partial charge < -0.3 is 5.32 Å². The molecule has 1 aromatic carbocycles. The molecule has 2 aromatic rings. The first-order valence-corrected chi connectivity index (χ1v) is 5.73. The van der Waals surface area contributed by atoms with Crippen LogP contribution in [0.3, 0.4) is 0 Å². The number of hydrogen-bond donors (Lipinski definition) is 1. The molecule has 0 fully saturated rings. The number of rotatable bonds is 3.